The molecule has 0 aromatic heterocycles. The number of aliphatic hydroxyl groups excluding tert-OH is 1. The lowest BCUT2D eigenvalue weighted by Crippen LogP contribution is -2.47. The Hall–Kier alpha value is -3.73. The van der Waals surface area contributed by atoms with Crippen LogP contribution in [-0.2, 0) is 17.8 Å². The number of aliphatic hydroxyl groups is 1. The van der Waals surface area contributed by atoms with Crippen molar-refractivity contribution in [2.45, 2.75) is 44.3 Å². The van der Waals surface area contributed by atoms with Crippen molar-refractivity contribution in [1.29, 1.82) is 0 Å². The van der Waals surface area contributed by atoms with Gasteiger partial charge in [0, 0.05) is 24.6 Å². The summed E-state index contributed by atoms with van der Waals surface area (Å²) >= 11 is 0. The summed E-state index contributed by atoms with van der Waals surface area (Å²) in [6.07, 6.45) is 4.18. The van der Waals surface area contributed by atoms with Gasteiger partial charge in [-0.2, -0.15) is 0 Å². The van der Waals surface area contributed by atoms with Crippen molar-refractivity contribution in [3.8, 4) is 11.1 Å². The van der Waals surface area contributed by atoms with Gasteiger partial charge >= 0.3 is 0 Å². The number of benzene rings is 4. The largest absolute Gasteiger partial charge is 0.392 e. The van der Waals surface area contributed by atoms with E-state index in [1.165, 1.54) is 35.1 Å². The predicted molar refractivity (Wildman–Crippen MR) is 159 cm³/mol. The van der Waals surface area contributed by atoms with Gasteiger partial charge in [0.25, 0.3) is 5.91 Å². The Morgan fingerprint density at radius 1 is 0.825 bits per heavy atom. The van der Waals surface area contributed by atoms with Crippen LogP contribution in [0.3, 0.4) is 0 Å². The van der Waals surface area contributed by atoms with Crippen LogP contribution in [0.2, 0.25) is 0 Å². The first kappa shape index (κ1) is 26.5. The van der Waals surface area contributed by atoms with Crippen molar-refractivity contribution in [1.82, 2.24) is 4.90 Å². The molecule has 4 nitrogen and oxygen atoms in total. The number of piperidine rings is 1. The minimum Gasteiger partial charge on any atom is -0.392 e. The molecule has 6 rings (SSSR count). The number of hydrogen-bond donors (Lipinski definition) is 1. The normalized spacial score (nSPS) is 19.8. The van der Waals surface area contributed by atoms with Gasteiger partial charge in [0.15, 0.2) is 0 Å². The van der Waals surface area contributed by atoms with E-state index in [0.29, 0.717) is 25.3 Å². The lowest BCUT2D eigenvalue weighted by molar-refractivity contribution is -0.0292. The van der Waals surface area contributed by atoms with Crippen molar-refractivity contribution >= 4 is 5.91 Å². The third-order valence-corrected chi connectivity index (χ3v) is 8.63. The summed E-state index contributed by atoms with van der Waals surface area (Å²) in [6, 6.07) is 37.3. The number of rotatable bonds is 9. The summed E-state index contributed by atoms with van der Waals surface area (Å²) in [4.78, 5) is 15.4. The van der Waals surface area contributed by atoms with Gasteiger partial charge < -0.3 is 14.7 Å². The molecule has 1 amide bonds. The summed E-state index contributed by atoms with van der Waals surface area (Å²) in [7, 11) is 0. The summed E-state index contributed by atoms with van der Waals surface area (Å²) in [5, 5.41) is 9.39. The number of carbonyl (C=O) groups is 1. The molecule has 1 saturated carbocycles. The third-order valence-electron chi connectivity index (χ3n) is 8.63. The van der Waals surface area contributed by atoms with Gasteiger partial charge in [-0.05, 0) is 71.0 Å². The van der Waals surface area contributed by atoms with E-state index in [-0.39, 0.29) is 30.0 Å². The number of hydrogen-bond acceptors (Lipinski definition) is 3. The Morgan fingerprint density at radius 3 is 2.23 bits per heavy atom. The summed E-state index contributed by atoms with van der Waals surface area (Å²) in [6.45, 7) is 1.95. The second-order valence-electron chi connectivity index (χ2n) is 11.5. The number of amides is 1. The molecule has 1 heterocycles. The Kier molecular flexibility index (Phi) is 7.81. The van der Waals surface area contributed by atoms with Gasteiger partial charge in [-0.25, -0.2) is 0 Å². The highest BCUT2D eigenvalue weighted by Gasteiger charge is 2.44. The van der Waals surface area contributed by atoms with E-state index in [0.717, 1.165) is 18.4 Å². The highest BCUT2D eigenvalue weighted by Crippen LogP contribution is 2.49. The molecule has 4 heteroatoms. The Morgan fingerprint density at radius 2 is 1.52 bits per heavy atom. The number of nitrogens with zero attached hydrogens (tertiary/aromatic N) is 1. The van der Waals surface area contributed by atoms with Crippen molar-refractivity contribution in [3.05, 3.63) is 131 Å². The van der Waals surface area contributed by atoms with Crippen LogP contribution < -0.4 is 0 Å². The van der Waals surface area contributed by atoms with E-state index in [9.17, 15) is 9.90 Å². The molecule has 4 aromatic carbocycles. The maximum absolute atomic E-state index is 13.5. The van der Waals surface area contributed by atoms with E-state index in [1.807, 2.05) is 35.2 Å². The number of carbonyl (C=O) groups excluding carboxylic acids is 1. The molecule has 1 saturated heterocycles. The standard InChI is InChI=1S/C36H37NO3/c38-25-28-14-16-30(17-15-28)35(39)37-21-18-33(32-13-7-12-31(22-32)29-10-5-2-6-11-29)34(24-37)40-26-36(19-20-36)23-27-8-3-1-4-9-27/h1-17,22,33-34,38H,18-21,23-26H2/t33-,34?/m1/s1. The van der Waals surface area contributed by atoms with Gasteiger partial charge in [0.05, 0.1) is 19.3 Å². The first-order chi connectivity index (χ1) is 19.6. The van der Waals surface area contributed by atoms with Crippen LogP contribution >= 0.6 is 0 Å². The van der Waals surface area contributed by atoms with E-state index in [1.54, 1.807) is 0 Å². The molecule has 1 N–H and O–H groups in total. The van der Waals surface area contributed by atoms with E-state index >= 15 is 0 Å². The lowest BCUT2D eigenvalue weighted by Gasteiger charge is -2.39. The molecule has 2 aliphatic rings. The second kappa shape index (κ2) is 11.8. The monoisotopic (exact) mass is 531 g/mol. The fourth-order valence-electron chi connectivity index (χ4n) is 6.03. The molecule has 2 atom stereocenters. The van der Waals surface area contributed by atoms with Gasteiger partial charge in [-0.3, -0.25) is 4.79 Å². The summed E-state index contributed by atoms with van der Waals surface area (Å²) < 4.78 is 6.82. The molecule has 4 aromatic rings. The first-order valence-electron chi connectivity index (χ1n) is 14.4. The van der Waals surface area contributed by atoms with Crippen molar-refractivity contribution < 1.29 is 14.6 Å². The van der Waals surface area contributed by atoms with E-state index in [2.05, 4.69) is 78.9 Å². The highest BCUT2D eigenvalue weighted by atomic mass is 16.5. The molecule has 0 spiro atoms. The van der Waals surface area contributed by atoms with Gasteiger partial charge in [-0.1, -0.05) is 97.1 Å². The second-order valence-corrected chi connectivity index (χ2v) is 11.5. The van der Waals surface area contributed by atoms with Crippen molar-refractivity contribution in [2.24, 2.45) is 5.41 Å². The highest BCUT2D eigenvalue weighted by molar-refractivity contribution is 5.94. The van der Waals surface area contributed by atoms with E-state index in [4.69, 9.17) is 4.74 Å². The molecule has 2 fully saturated rings. The molecule has 0 bridgehead atoms. The lowest BCUT2D eigenvalue weighted by atomic mass is 9.85. The third kappa shape index (κ3) is 6.04. The first-order valence-corrected chi connectivity index (χ1v) is 14.4. The molecule has 40 heavy (non-hydrogen) atoms. The topological polar surface area (TPSA) is 49.8 Å². The van der Waals surface area contributed by atoms with E-state index < -0.39 is 0 Å². The smallest absolute Gasteiger partial charge is 0.253 e. The minimum atomic E-state index is -0.0753. The van der Waals surface area contributed by atoms with Crippen molar-refractivity contribution in [2.75, 3.05) is 19.7 Å². The fourth-order valence-corrected chi connectivity index (χ4v) is 6.03. The number of likely N-dealkylation sites (tertiary alicyclic amines) is 1. The quantitative estimate of drug-likeness (QED) is 0.256. The van der Waals surface area contributed by atoms with Crippen LogP contribution in [0.5, 0.6) is 0 Å². The molecular weight excluding hydrogens is 494 g/mol. The van der Waals surface area contributed by atoms with Crippen LogP contribution in [0.15, 0.2) is 109 Å². The molecule has 1 aliphatic carbocycles. The van der Waals surface area contributed by atoms with Crippen LogP contribution in [0.1, 0.15) is 52.2 Å². The molecule has 0 radical (unpaired) electrons. The van der Waals surface area contributed by atoms with Crippen molar-refractivity contribution in [3.63, 3.8) is 0 Å². The Bertz CT molecular complexity index is 1410. The van der Waals surface area contributed by atoms with Crippen LogP contribution in [-0.4, -0.2) is 41.7 Å². The maximum atomic E-state index is 13.5. The zero-order chi connectivity index (χ0) is 27.4. The minimum absolute atomic E-state index is 0.0252. The zero-order valence-corrected chi connectivity index (χ0v) is 22.9. The SMILES string of the molecule is O=C(c1ccc(CO)cc1)N1CC[C@H](c2cccc(-c3ccccc3)c2)C(OCC2(Cc3ccccc3)CC2)C1. The van der Waals surface area contributed by atoms with Gasteiger partial charge in [0.2, 0.25) is 0 Å². The van der Waals surface area contributed by atoms with Crippen LogP contribution in [0, 0.1) is 5.41 Å². The number of ether oxygens (including phenoxy) is 1. The maximum Gasteiger partial charge on any atom is 0.253 e. The van der Waals surface area contributed by atoms with Crippen LogP contribution in [0.25, 0.3) is 11.1 Å². The Labute approximate surface area is 237 Å². The molecular formula is C36H37NO3. The average Bonchev–Trinajstić information content (AvgIpc) is 3.80. The average molecular weight is 532 g/mol. The zero-order valence-electron chi connectivity index (χ0n) is 22.9. The van der Waals surface area contributed by atoms with Gasteiger partial charge in [-0.15, -0.1) is 0 Å². The van der Waals surface area contributed by atoms with Crippen LogP contribution in [0.4, 0.5) is 0 Å². The summed E-state index contributed by atoms with van der Waals surface area (Å²) in [5.41, 5.74) is 6.72. The predicted octanol–water partition coefficient (Wildman–Crippen LogP) is 6.88. The molecule has 1 aliphatic heterocycles. The molecule has 1 unspecified atom stereocenters. The molecule has 204 valence electrons. The summed E-state index contributed by atoms with van der Waals surface area (Å²) in [5.74, 6) is 0.247. The Balaban J connectivity index is 1.22. The fraction of sp³-hybridized carbons (Fsp3) is 0.306. The van der Waals surface area contributed by atoms with Gasteiger partial charge in [0.1, 0.15) is 0 Å².